The zero-order valence-electron chi connectivity index (χ0n) is 38.4. The van der Waals surface area contributed by atoms with Gasteiger partial charge in [-0.05, 0) is 80.1 Å². The summed E-state index contributed by atoms with van der Waals surface area (Å²) in [5.41, 5.74) is 4.90. The Kier molecular flexibility index (Phi) is 14.7. The highest BCUT2D eigenvalue weighted by atomic mass is 16.7. The molecule has 0 saturated carbocycles. The van der Waals surface area contributed by atoms with Crippen LogP contribution in [0.25, 0.3) is 22.2 Å². The molecule has 4 N–H and O–H groups in total. The van der Waals surface area contributed by atoms with Crippen molar-refractivity contribution in [1.29, 1.82) is 0 Å². The molecule has 8 rings (SSSR count). The number of methoxy groups -OCH3 is 1. The molecule has 69 heavy (non-hydrogen) atoms. The summed E-state index contributed by atoms with van der Waals surface area (Å²) in [5.74, 6) is -0.442. The molecule has 3 aliphatic heterocycles. The van der Waals surface area contributed by atoms with E-state index in [2.05, 4.69) is 45.7 Å². The monoisotopic (exact) mass is 942 g/mol. The Bertz CT molecular complexity index is 2780. The highest BCUT2D eigenvalue weighted by Crippen LogP contribution is 2.43. The van der Waals surface area contributed by atoms with E-state index >= 15 is 0 Å². The molecule has 0 bridgehead atoms. The first-order valence-corrected chi connectivity index (χ1v) is 22.5. The van der Waals surface area contributed by atoms with Gasteiger partial charge in [0, 0.05) is 66.9 Å². The van der Waals surface area contributed by atoms with Crippen LogP contribution in [-0.4, -0.2) is 108 Å². The fourth-order valence-corrected chi connectivity index (χ4v) is 8.42. The molecule has 3 aliphatic rings. The second kappa shape index (κ2) is 21.4. The summed E-state index contributed by atoms with van der Waals surface area (Å²) in [5, 5.41) is 9.18. The van der Waals surface area contributed by atoms with Crippen molar-refractivity contribution in [1.82, 2.24) is 19.4 Å². The van der Waals surface area contributed by atoms with E-state index in [-0.39, 0.29) is 85.4 Å². The summed E-state index contributed by atoms with van der Waals surface area (Å²) in [6, 6.07) is 17.2. The maximum Gasteiger partial charge on any atom is 0.416 e. The number of nitrogens with zero attached hydrogens (tertiary/aromatic N) is 4. The lowest BCUT2D eigenvalue weighted by atomic mass is 10.1. The summed E-state index contributed by atoms with van der Waals surface area (Å²) in [6.07, 6.45) is 4.67. The molecule has 2 fully saturated rings. The van der Waals surface area contributed by atoms with Crippen LogP contribution in [0.2, 0.25) is 0 Å². The van der Waals surface area contributed by atoms with E-state index < -0.39 is 36.7 Å². The number of hydrogen-bond acceptors (Lipinski definition) is 12. The summed E-state index contributed by atoms with van der Waals surface area (Å²) in [7, 11) is 3.09. The number of aromatic nitrogens is 3. The number of amides is 5. The highest BCUT2D eigenvalue weighted by Gasteiger charge is 2.48. The van der Waals surface area contributed by atoms with Gasteiger partial charge in [-0.2, -0.15) is 0 Å². The summed E-state index contributed by atoms with van der Waals surface area (Å²) < 4.78 is 36.4. The molecule has 3 aromatic carbocycles. The molecule has 3 atom stereocenters. The van der Waals surface area contributed by atoms with Crippen LogP contribution in [0, 0.1) is 0 Å². The largest absolute Gasteiger partial charge is 0.493 e. The summed E-state index contributed by atoms with van der Waals surface area (Å²) in [6.45, 7) is 12.2. The van der Waals surface area contributed by atoms with E-state index in [0.29, 0.717) is 30.8 Å². The molecule has 2 saturated heterocycles. The van der Waals surface area contributed by atoms with Gasteiger partial charge in [-0.15, -0.1) is 0 Å². The van der Waals surface area contributed by atoms with Crippen LogP contribution >= 0.6 is 0 Å². The van der Waals surface area contributed by atoms with E-state index in [1.54, 1.807) is 42.4 Å². The molecule has 0 spiro atoms. The number of hydrogen-bond donors (Lipinski definition) is 4. The highest BCUT2D eigenvalue weighted by molar-refractivity contribution is 6.06. The Labute approximate surface area is 398 Å². The maximum absolute atomic E-state index is 14.2. The first-order chi connectivity index (χ1) is 33.4. The van der Waals surface area contributed by atoms with Crippen molar-refractivity contribution in [2.75, 3.05) is 60.9 Å². The quantitative estimate of drug-likeness (QED) is 0.0513. The van der Waals surface area contributed by atoms with Crippen molar-refractivity contribution in [3.8, 4) is 22.8 Å². The van der Waals surface area contributed by atoms with E-state index in [1.165, 1.54) is 34.8 Å². The van der Waals surface area contributed by atoms with Gasteiger partial charge >= 0.3 is 12.2 Å². The van der Waals surface area contributed by atoms with Gasteiger partial charge in [-0.1, -0.05) is 49.6 Å². The van der Waals surface area contributed by atoms with Gasteiger partial charge < -0.3 is 53.5 Å². The van der Waals surface area contributed by atoms with Crippen LogP contribution in [0.3, 0.4) is 0 Å². The van der Waals surface area contributed by atoms with Gasteiger partial charge in [0.05, 0.1) is 31.0 Å². The van der Waals surface area contributed by atoms with Gasteiger partial charge in [-0.3, -0.25) is 19.7 Å². The van der Waals surface area contributed by atoms with E-state index in [0.717, 1.165) is 40.6 Å². The predicted molar refractivity (Wildman–Crippen MR) is 257 cm³/mol. The lowest BCUT2D eigenvalue weighted by Gasteiger charge is -2.38. The number of aromatic amines is 1. The molecule has 2 aromatic heterocycles. The van der Waals surface area contributed by atoms with Crippen molar-refractivity contribution < 1.29 is 52.4 Å². The SMILES string of the molecule is C=CCOC(=O)Nc1ccc2[nH]c(-c3ccc(NC(=O)c4nc(NC(=O)CCCOc5cc6c(cc5OC)C(=O)N5CC(=C)C[C@H]5C(OC5CCCCO5)N6C(=O)OCC=C)cn4C)cc3)cc2c1. The Morgan fingerprint density at radius 3 is 2.48 bits per heavy atom. The number of ether oxygens (including phenoxy) is 6. The Morgan fingerprint density at radius 2 is 1.72 bits per heavy atom. The topological polar surface area (TPSA) is 217 Å². The predicted octanol–water partition coefficient (Wildman–Crippen LogP) is 8.14. The molecule has 19 heteroatoms. The minimum absolute atomic E-state index is 0.0349. The van der Waals surface area contributed by atoms with Crippen LogP contribution in [0.4, 0.5) is 32.5 Å². The van der Waals surface area contributed by atoms with Crippen LogP contribution in [0.15, 0.2) is 104 Å². The molecule has 19 nitrogen and oxygen atoms in total. The number of carbonyl (C=O) groups excluding carboxylic acids is 5. The molecule has 5 heterocycles. The third-order valence-electron chi connectivity index (χ3n) is 11.7. The molecule has 360 valence electrons. The molecule has 5 aromatic rings. The Hall–Kier alpha value is -7.90. The molecule has 5 amide bonds. The zero-order chi connectivity index (χ0) is 48.6. The third kappa shape index (κ3) is 11.0. The van der Waals surface area contributed by atoms with E-state index in [4.69, 9.17) is 28.4 Å². The summed E-state index contributed by atoms with van der Waals surface area (Å²) in [4.78, 5) is 77.3. The average Bonchev–Trinajstić information content (AvgIpc) is 4.05. The Balaban J connectivity index is 0.883. The van der Waals surface area contributed by atoms with Crippen LogP contribution < -0.4 is 30.3 Å². The van der Waals surface area contributed by atoms with Crippen molar-refractivity contribution in [2.24, 2.45) is 7.05 Å². The second-order valence-electron chi connectivity index (χ2n) is 16.6. The van der Waals surface area contributed by atoms with Crippen molar-refractivity contribution in [3.05, 3.63) is 116 Å². The average molecular weight is 943 g/mol. The molecule has 0 aliphatic carbocycles. The Morgan fingerprint density at radius 1 is 0.942 bits per heavy atom. The minimum atomic E-state index is -0.981. The van der Waals surface area contributed by atoms with Crippen LogP contribution in [0.5, 0.6) is 11.5 Å². The lowest BCUT2D eigenvalue weighted by Crippen LogP contribution is -2.54. The lowest BCUT2D eigenvalue weighted by molar-refractivity contribution is -0.195. The number of carbonyl (C=O) groups is 5. The van der Waals surface area contributed by atoms with Crippen molar-refractivity contribution in [2.45, 2.75) is 57.1 Å². The molecular weight excluding hydrogens is 889 g/mol. The fourth-order valence-electron chi connectivity index (χ4n) is 8.42. The van der Waals surface area contributed by atoms with Gasteiger partial charge in [0.15, 0.2) is 29.8 Å². The number of aryl methyl sites for hydroxylation is 1. The van der Waals surface area contributed by atoms with Crippen molar-refractivity contribution >= 4 is 63.7 Å². The van der Waals surface area contributed by atoms with Gasteiger partial charge in [0.2, 0.25) is 11.7 Å². The van der Waals surface area contributed by atoms with Gasteiger partial charge in [0.25, 0.3) is 11.8 Å². The molecule has 2 unspecified atom stereocenters. The normalized spacial score (nSPS) is 17.6. The number of rotatable bonds is 17. The first-order valence-electron chi connectivity index (χ1n) is 22.5. The maximum atomic E-state index is 14.2. The first kappa shape index (κ1) is 47.6. The number of H-pyrrole nitrogens is 1. The van der Waals surface area contributed by atoms with Crippen LogP contribution in [-0.2, 0) is 30.8 Å². The molecular formula is C50H54N8O11. The fraction of sp³-hybridized carbons (Fsp3) is 0.320. The summed E-state index contributed by atoms with van der Waals surface area (Å²) >= 11 is 0. The number of benzene rings is 3. The van der Waals surface area contributed by atoms with E-state index in [9.17, 15) is 24.0 Å². The molecule has 0 radical (unpaired) electrons. The number of anilines is 4. The number of imidazole rings is 1. The standard InChI is InChI=1S/C50H54N8O11/c1-6-19-67-49(62)52-34-17-18-36-32(24-34)25-37(53-36)31-13-15-33(16-14-31)51-46(60)45-55-42(29-56(45)4)54-43(59)11-10-22-65-41-27-38-35(26-40(41)64-5)47(61)57-28-30(3)23-39(57)48(58(38)50(63)68-20-7-2)69-44-12-8-9-21-66-44/h6-7,13-18,24-27,29,39,44,48,53H,1-3,8-12,19-23,28H2,4-5H3,(H,51,60)(H,52,62)(H,54,59)/t39-,44?,48?/m0/s1. The van der Waals surface area contributed by atoms with E-state index in [1.807, 2.05) is 30.3 Å². The number of fused-ring (bicyclic) bond motifs is 3. The van der Waals surface area contributed by atoms with Gasteiger partial charge in [0.1, 0.15) is 13.2 Å². The second-order valence-corrected chi connectivity index (χ2v) is 16.6. The smallest absolute Gasteiger partial charge is 0.416 e. The third-order valence-corrected chi connectivity index (χ3v) is 11.7. The minimum Gasteiger partial charge on any atom is -0.493 e. The van der Waals surface area contributed by atoms with Gasteiger partial charge in [-0.25, -0.2) is 19.5 Å². The number of nitrogens with one attached hydrogen (secondary N) is 4. The van der Waals surface area contributed by atoms with Crippen molar-refractivity contribution in [3.63, 3.8) is 0 Å². The zero-order valence-corrected chi connectivity index (χ0v) is 38.4. The van der Waals surface area contributed by atoms with Crippen LogP contribution in [0.1, 0.15) is 59.5 Å².